The second kappa shape index (κ2) is 6.10. The lowest BCUT2D eigenvalue weighted by molar-refractivity contribution is -0.132. The minimum atomic E-state index is -0.0291. The lowest BCUT2D eigenvalue weighted by atomic mass is 10.2. The summed E-state index contributed by atoms with van der Waals surface area (Å²) < 4.78 is 0. The SMILES string of the molecule is CN(Cc1ncc(-c2ccccc2)[nH]1)C(=O)C1CCCN1. The first-order valence-corrected chi connectivity index (χ1v) is 7.32. The maximum atomic E-state index is 12.2. The van der Waals surface area contributed by atoms with E-state index >= 15 is 0 Å². The summed E-state index contributed by atoms with van der Waals surface area (Å²) in [4.78, 5) is 21.6. The van der Waals surface area contributed by atoms with Gasteiger partial charge in [-0.1, -0.05) is 30.3 Å². The number of hydrogen-bond acceptors (Lipinski definition) is 3. The molecule has 1 fully saturated rings. The Morgan fingerprint density at radius 1 is 1.38 bits per heavy atom. The van der Waals surface area contributed by atoms with Crippen LogP contribution in [-0.4, -0.2) is 40.4 Å². The number of aromatic nitrogens is 2. The normalized spacial score (nSPS) is 17.9. The van der Waals surface area contributed by atoms with E-state index in [0.717, 1.165) is 36.5 Å². The van der Waals surface area contributed by atoms with Gasteiger partial charge in [-0.05, 0) is 24.9 Å². The molecule has 0 bridgehead atoms. The molecule has 3 rings (SSSR count). The van der Waals surface area contributed by atoms with Crippen molar-refractivity contribution in [1.29, 1.82) is 0 Å². The molecule has 1 aliphatic heterocycles. The van der Waals surface area contributed by atoms with Crippen LogP contribution in [0.5, 0.6) is 0 Å². The molecule has 0 spiro atoms. The van der Waals surface area contributed by atoms with Gasteiger partial charge < -0.3 is 15.2 Å². The fraction of sp³-hybridized carbons (Fsp3) is 0.375. The van der Waals surface area contributed by atoms with Crippen molar-refractivity contribution in [3.8, 4) is 11.3 Å². The summed E-state index contributed by atoms with van der Waals surface area (Å²) in [6.45, 7) is 1.44. The van der Waals surface area contributed by atoms with Gasteiger partial charge in [0.25, 0.3) is 0 Å². The molecule has 1 unspecified atom stereocenters. The minimum absolute atomic E-state index is 0.0291. The van der Waals surface area contributed by atoms with Crippen molar-refractivity contribution >= 4 is 5.91 Å². The Morgan fingerprint density at radius 3 is 2.90 bits per heavy atom. The van der Waals surface area contributed by atoms with Gasteiger partial charge in [-0.2, -0.15) is 0 Å². The molecule has 5 nitrogen and oxygen atoms in total. The van der Waals surface area contributed by atoms with E-state index in [1.807, 2.05) is 43.6 Å². The molecule has 2 N–H and O–H groups in total. The number of likely N-dealkylation sites (N-methyl/N-ethyl adjacent to an activating group) is 1. The van der Waals surface area contributed by atoms with E-state index in [1.54, 1.807) is 4.90 Å². The molecule has 0 saturated carbocycles. The number of nitrogens with one attached hydrogen (secondary N) is 2. The van der Waals surface area contributed by atoms with Crippen LogP contribution in [0.25, 0.3) is 11.3 Å². The van der Waals surface area contributed by atoms with Crippen LogP contribution < -0.4 is 5.32 Å². The van der Waals surface area contributed by atoms with E-state index < -0.39 is 0 Å². The van der Waals surface area contributed by atoms with Crippen molar-refractivity contribution in [3.05, 3.63) is 42.4 Å². The third kappa shape index (κ3) is 3.13. The molecule has 1 aromatic carbocycles. The summed E-state index contributed by atoms with van der Waals surface area (Å²) in [6.07, 6.45) is 3.82. The molecule has 110 valence electrons. The first kappa shape index (κ1) is 13.8. The average Bonchev–Trinajstić information content (AvgIpc) is 3.19. The molecular formula is C16H20N4O. The number of benzene rings is 1. The van der Waals surface area contributed by atoms with Crippen LogP contribution in [0, 0.1) is 0 Å². The van der Waals surface area contributed by atoms with Crippen LogP contribution in [0.3, 0.4) is 0 Å². The number of carbonyl (C=O) groups is 1. The zero-order valence-corrected chi connectivity index (χ0v) is 12.2. The van der Waals surface area contributed by atoms with E-state index in [2.05, 4.69) is 15.3 Å². The molecule has 0 radical (unpaired) electrons. The van der Waals surface area contributed by atoms with Crippen molar-refractivity contribution < 1.29 is 4.79 Å². The number of carbonyl (C=O) groups excluding carboxylic acids is 1. The summed E-state index contributed by atoms with van der Waals surface area (Å²) in [7, 11) is 1.83. The van der Waals surface area contributed by atoms with E-state index in [0.29, 0.717) is 6.54 Å². The molecule has 1 atom stereocenters. The maximum Gasteiger partial charge on any atom is 0.239 e. The maximum absolute atomic E-state index is 12.2. The van der Waals surface area contributed by atoms with Crippen molar-refractivity contribution in [3.63, 3.8) is 0 Å². The lowest BCUT2D eigenvalue weighted by Gasteiger charge is -2.20. The van der Waals surface area contributed by atoms with Gasteiger partial charge in [-0.25, -0.2) is 4.98 Å². The molecule has 1 aromatic heterocycles. The fourth-order valence-electron chi connectivity index (χ4n) is 2.67. The molecular weight excluding hydrogens is 264 g/mol. The highest BCUT2D eigenvalue weighted by molar-refractivity contribution is 5.81. The number of rotatable bonds is 4. The van der Waals surface area contributed by atoms with E-state index in [-0.39, 0.29) is 11.9 Å². The predicted octanol–water partition coefficient (Wildman–Crippen LogP) is 1.79. The van der Waals surface area contributed by atoms with E-state index in [1.165, 1.54) is 0 Å². The number of amides is 1. The summed E-state index contributed by atoms with van der Waals surface area (Å²) in [5.41, 5.74) is 2.08. The molecule has 21 heavy (non-hydrogen) atoms. The monoisotopic (exact) mass is 284 g/mol. The number of hydrogen-bond donors (Lipinski definition) is 2. The number of imidazole rings is 1. The zero-order valence-electron chi connectivity index (χ0n) is 12.2. The van der Waals surface area contributed by atoms with Crippen LogP contribution in [0.4, 0.5) is 0 Å². The first-order valence-electron chi connectivity index (χ1n) is 7.32. The quantitative estimate of drug-likeness (QED) is 0.900. The summed E-state index contributed by atoms with van der Waals surface area (Å²) >= 11 is 0. The third-order valence-electron chi connectivity index (χ3n) is 3.83. The van der Waals surface area contributed by atoms with Gasteiger partial charge in [0.1, 0.15) is 5.82 Å². The summed E-state index contributed by atoms with van der Waals surface area (Å²) in [5, 5.41) is 3.23. The van der Waals surface area contributed by atoms with Gasteiger partial charge in [-0.3, -0.25) is 4.79 Å². The highest BCUT2D eigenvalue weighted by Gasteiger charge is 2.25. The van der Waals surface area contributed by atoms with Crippen LogP contribution in [0.2, 0.25) is 0 Å². The van der Waals surface area contributed by atoms with Gasteiger partial charge in [0.15, 0.2) is 0 Å². The van der Waals surface area contributed by atoms with Crippen molar-refractivity contribution in [2.75, 3.05) is 13.6 Å². The predicted molar refractivity (Wildman–Crippen MR) is 81.5 cm³/mol. The number of aromatic amines is 1. The van der Waals surface area contributed by atoms with Crippen molar-refractivity contribution in [1.82, 2.24) is 20.2 Å². The molecule has 5 heteroatoms. The van der Waals surface area contributed by atoms with Gasteiger partial charge in [0.05, 0.1) is 24.5 Å². The smallest absolute Gasteiger partial charge is 0.239 e. The fourth-order valence-corrected chi connectivity index (χ4v) is 2.67. The molecule has 2 aromatic rings. The topological polar surface area (TPSA) is 61.0 Å². The van der Waals surface area contributed by atoms with E-state index in [4.69, 9.17) is 0 Å². The van der Waals surface area contributed by atoms with Crippen molar-refractivity contribution in [2.45, 2.75) is 25.4 Å². The third-order valence-corrected chi connectivity index (χ3v) is 3.83. The Morgan fingerprint density at radius 2 is 2.19 bits per heavy atom. The van der Waals surface area contributed by atoms with Crippen LogP contribution in [0.15, 0.2) is 36.5 Å². The van der Waals surface area contributed by atoms with Gasteiger partial charge in [0.2, 0.25) is 5.91 Å². The Kier molecular flexibility index (Phi) is 4.01. The van der Waals surface area contributed by atoms with Gasteiger partial charge in [-0.15, -0.1) is 0 Å². The van der Waals surface area contributed by atoms with Crippen molar-refractivity contribution in [2.24, 2.45) is 0 Å². The molecule has 2 heterocycles. The zero-order chi connectivity index (χ0) is 14.7. The Balaban J connectivity index is 1.65. The molecule has 0 aliphatic carbocycles. The largest absolute Gasteiger partial charge is 0.341 e. The average molecular weight is 284 g/mol. The highest BCUT2D eigenvalue weighted by atomic mass is 16.2. The molecule has 1 saturated heterocycles. The van der Waals surface area contributed by atoms with Gasteiger partial charge in [0, 0.05) is 7.05 Å². The Labute approximate surface area is 124 Å². The minimum Gasteiger partial charge on any atom is -0.341 e. The summed E-state index contributed by atoms with van der Waals surface area (Å²) in [6, 6.07) is 10.0. The van der Waals surface area contributed by atoms with Crippen LogP contribution in [0.1, 0.15) is 18.7 Å². The Hall–Kier alpha value is -2.14. The second-order valence-corrected chi connectivity index (χ2v) is 5.45. The number of nitrogens with zero attached hydrogens (tertiary/aromatic N) is 2. The summed E-state index contributed by atoms with van der Waals surface area (Å²) in [5.74, 6) is 0.952. The van der Waals surface area contributed by atoms with E-state index in [9.17, 15) is 4.79 Å². The van der Waals surface area contributed by atoms with Gasteiger partial charge >= 0.3 is 0 Å². The first-order chi connectivity index (χ1) is 10.2. The Bertz CT molecular complexity index is 602. The van der Waals surface area contributed by atoms with Crippen LogP contribution in [-0.2, 0) is 11.3 Å². The number of H-pyrrole nitrogens is 1. The van der Waals surface area contributed by atoms with Crippen LogP contribution >= 0.6 is 0 Å². The molecule has 1 amide bonds. The highest BCUT2D eigenvalue weighted by Crippen LogP contribution is 2.17. The molecule has 1 aliphatic rings. The standard InChI is InChI=1S/C16H20N4O/c1-20(16(21)13-8-5-9-17-13)11-15-18-10-14(19-15)12-6-3-2-4-7-12/h2-4,6-7,10,13,17H,5,8-9,11H2,1H3,(H,18,19). The second-order valence-electron chi connectivity index (χ2n) is 5.45. The lowest BCUT2D eigenvalue weighted by Crippen LogP contribution is -2.41.